The van der Waals surface area contributed by atoms with Crippen LogP contribution in [-0.2, 0) is 0 Å². The van der Waals surface area contributed by atoms with E-state index in [0.29, 0.717) is 63.0 Å². The highest BCUT2D eigenvalue weighted by Crippen LogP contribution is 2.36. The number of hydrogen-bond acceptors (Lipinski definition) is 7. The van der Waals surface area contributed by atoms with Crippen LogP contribution in [0.2, 0.25) is 0 Å². The Morgan fingerprint density at radius 3 is 2.37 bits per heavy atom. The van der Waals surface area contributed by atoms with Crippen LogP contribution < -0.4 is 18.9 Å². The number of ketones is 1. The Morgan fingerprint density at radius 2 is 1.61 bits per heavy atom. The summed E-state index contributed by atoms with van der Waals surface area (Å²) in [6.07, 6.45) is 3.10. The fourth-order valence-electron chi connectivity index (χ4n) is 4.43. The lowest BCUT2D eigenvalue weighted by atomic mass is 10.1. The first-order chi connectivity index (χ1) is 20.0. The van der Waals surface area contributed by atoms with Crippen LogP contribution >= 0.6 is 0 Å². The monoisotopic (exact) mass is 548 g/mol. The maximum Gasteiger partial charge on any atom is 0.348 e. The summed E-state index contributed by atoms with van der Waals surface area (Å²) < 4.78 is 28.2. The van der Waals surface area contributed by atoms with Gasteiger partial charge in [-0.3, -0.25) is 4.79 Å². The summed E-state index contributed by atoms with van der Waals surface area (Å²) in [6, 6.07) is 26.7. The molecule has 0 fully saturated rings. The molecule has 5 aromatic rings. The van der Waals surface area contributed by atoms with Gasteiger partial charge in [-0.15, -0.1) is 0 Å². The maximum absolute atomic E-state index is 13.6. The average molecular weight is 549 g/mol. The molecule has 41 heavy (non-hydrogen) atoms. The Hall–Kier alpha value is -5.30. The zero-order valence-corrected chi connectivity index (χ0v) is 22.9. The first kappa shape index (κ1) is 27.3. The lowest BCUT2D eigenvalue weighted by Gasteiger charge is -2.08. The van der Waals surface area contributed by atoms with Gasteiger partial charge in [-0.25, -0.2) is 4.79 Å². The molecule has 0 aliphatic carbocycles. The molecule has 0 spiro atoms. The van der Waals surface area contributed by atoms with E-state index in [1.54, 1.807) is 67.8 Å². The van der Waals surface area contributed by atoms with Crippen LogP contribution in [0.25, 0.3) is 28.4 Å². The minimum Gasteiger partial charge on any atom is -0.497 e. The Morgan fingerprint density at radius 1 is 0.805 bits per heavy atom. The van der Waals surface area contributed by atoms with Gasteiger partial charge in [-0.05, 0) is 61.0 Å². The van der Waals surface area contributed by atoms with E-state index >= 15 is 0 Å². The Balaban J connectivity index is 1.43. The Labute approximate surface area is 237 Å². The molecule has 206 valence electrons. The fourth-order valence-corrected chi connectivity index (χ4v) is 4.43. The van der Waals surface area contributed by atoms with Gasteiger partial charge in [0.15, 0.2) is 5.78 Å². The Bertz CT molecular complexity index is 1730. The standard InChI is InChI=1S/C34H28O7/c1-4-39-25-15-18-30-28(20-25)32(33(41-30)23-10-6-5-7-11-23)34(36)40-26-12-8-9-22(19-26)13-17-29(35)27-16-14-24(37-2)21-31(27)38-3/h5-21H,4H2,1-3H3. The first-order valence-corrected chi connectivity index (χ1v) is 13.0. The minimum atomic E-state index is -0.573. The quantitative estimate of drug-likeness (QED) is 0.0768. The third kappa shape index (κ3) is 5.99. The second kappa shape index (κ2) is 12.3. The van der Waals surface area contributed by atoms with Gasteiger partial charge in [0, 0.05) is 17.0 Å². The number of esters is 1. The molecule has 1 aromatic heterocycles. The van der Waals surface area contributed by atoms with Crippen molar-refractivity contribution in [2.24, 2.45) is 0 Å². The van der Waals surface area contributed by atoms with E-state index in [0.717, 1.165) is 5.56 Å². The second-order valence-electron chi connectivity index (χ2n) is 8.99. The van der Waals surface area contributed by atoms with Crippen LogP contribution in [0.3, 0.4) is 0 Å². The molecular weight excluding hydrogens is 520 g/mol. The van der Waals surface area contributed by atoms with Gasteiger partial charge in [0.2, 0.25) is 0 Å². The highest BCUT2D eigenvalue weighted by atomic mass is 16.5. The molecule has 0 radical (unpaired) electrons. The van der Waals surface area contributed by atoms with E-state index in [4.69, 9.17) is 23.4 Å². The number of carbonyl (C=O) groups excluding carboxylic acids is 2. The van der Waals surface area contributed by atoms with E-state index in [-0.39, 0.29) is 5.78 Å². The van der Waals surface area contributed by atoms with Crippen molar-refractivity contribution in [3.05, 3.63) is 114 Å². The van der Waals surface area contributed by atoms with Crippen molar-refractivity contribution in [3.63, 3.8) is 0 Å². The van der Waals surface area contributed by atoms with Crippen LogP contribution in [0.1, 0.15) is 33.2 Å². The van der Waals surface area contributed by atoms with Crippen LogP contribution in [0.4, 0.5) is 0 Å². The van der Waals surface area contributed by atoms with Crippen LogP contribution in [0.15, 0.2) is 101 Å². The zero-order valence-electron chi connectivity index (χ0n) is 22.9. The summed E-state index contributed by atoms with van der Waals surface area (Å²) in [5.74, 6) is 1.54. The van der Waals surface area contributed by atoms with E-state index in [1.807, 2.05) is 43.3 Å². The number of furan rings is 1. The number of rotatable bonds is 10. The zero-order chi connectivity index (χ0) is 28.8. The van der Waals surface area contributed by atoms with Crippen LogP contribution in [-0.4, -0.2) is 32.6 Å². The number of ether oxygens (including phenoxy) is 4. The van der Waals surface area contributed by atoms with E-state index in [1.165, 1.54) is 13.2 Å². The molecule has 0 unspecified atom stereocenters. The maximum atomic E-state index is 13.6. The molecule has 0 aliphatic rings. The molecule has 1 heterocycles. The van der Waals surface area contributed by atoms with Crippen LogP contribution in [0, 0.1) is 0 Å². The SMILES string of the molecule is CCOc1ccc2oc(-c3ccccc3)c(C(=O)Oc3cccc(C=CC(=O)c4ccc(OC)cc4OC)c3)c2c1. The highest BCUT2D eigenvalue weighted by Gasteiger charge is 2.24. The van der Waals surface area contributed by atoms with E-state index < -0.39 is 5.97 Å². The summed E-state index contributed by atoms with van der Waals surface area (Å²) in [4.78, 5) is 26.5. The molecule has 0 atom stereocenters. The number of methoxy groups -OCH3 is 2. The molecule has 0 N–H and O–H groups in total. The van der Waals surface area contributed by atoms with Gasteiger partial charge < -0.3 is 23.4 Å². The predicted molar refractivity (Wildman–Crippen MR) is 157 cm³/mol. The van der Waals surface area contributed by atoms with Crippen molar-refractivity contribution in [3.8, 4) is 34.3 Å². The van der Waals surface area contributed by atoms with Crippen molar-refractivity contribution in [2.75, 3.05) is 20.8 Å². The third-order valence-electron chi connectivity index (χ3n) is 6.38. The second-order valence-corrected chi connectivity index (χ2v) is 8.99. The molecule has 7 nitrogen and oxygen atoms in total. The highest BCUT2D eigenvalue weighted by molar-refractivity contribution is 6.10. The lowest BCUT2D eigenvalue weighted by Crippen LogP contribution is -2.09. The van der Waals surface area contributed by atoms with Gasteiger partial charge in [0.1, 0.15) is 39.9 Å². The first-order valence-electron chi connectivity index (χ1n) is 13.0. The average Bonchev–Trinajstić information content (AvgIpc) is 3.39. The number of benzene rings is 4. The van der Waals surface area contributed by atoms with E-state index in [9.17, 15) is 9.59 Å². The van der Waals surface area contributed by atoms with Gasteiger partial charge in [-0.2, -0.15) is 0 Å². The molecular formula is C34H28O7. The van der Waals surface area contributed by atoms with Crippen molar-refractivity contribution in [2.45, 2.75) is 6.92 Å². The smallest absolute Gasteiger partial charge is 0.348 e. The Kier molecular flexibility index (Phi) is 8.15. The largest absolute Gasteiger partial charge is 0.497 e. The van der Waals surface area contributed by atoms with Gasteiger partial charge >= 0.3 is 5.97 Å². The van der Waals surface area contributed by atoms with E-state index in [2.05, 4.69) is 0 Å². The molecule has 5 rings (SSSR count). The van der Waals surface area contributed by atoms with Crippen molar-refractivity contribution >= 4 is 28.8 Å². The molecule has 0 saturated carbocycles. The molecule has 4 aromatic carbocycles. The predicted octanol–water partition coefficient (Wildman–Crippen LogP) is 7.63. The number of hydrogen-bond donors (Lipinski definition) is 0. The molecule has 0 bridgehead atoms. The van der Waals surface area contributed by atoms with Crippen molar-refractivity contribution in [1.29, 1.82) is 0 Å². The van der Waals surface area contributed by atoms with Gasteiger partial charge in [0.05, 0.1) is 26.4 Å². The summed E-state index contributed by atoms with van der Waals surface area (Å²) in [5.41, 5.74) is 2.67. The van der Waals surface area contributed by atoms with Crippen molar-refractivity contribution < 1.29 is 33.0 Å². The van der Waals surface area contributed by atoms with Gasteiger partial charge in [-0.1, -0.05) is 48.5 Å². The molecule has 0 saturated heterocycles. The third-order valence-corrected chi connectivity index (χ3v) is 6.38. The number of carbonyl (C=O) groups is 2. The number of fused-ring (bicyclic) bond motifs is 1. The minimum absolute atomic E-state index is 0.241. The van der Waals surface area contributed by atoms with Crippen LogP contribution in [0.5, 0.6) is 23.0 Å². The van der Waals surface area contributed by atoms with Gasteiger partial charge in [0.25, 0.3) is 0 Å². The molecule has 0 aliphatic heterocycles. The summed E-state index contributed by atoms with van der Waals surface area (Å²) in [5, 5.41) is 0.592. The summed E-state index contributed by atoms with van der Waals surface area (Å²) >= 11 is 0. The topological polar surface area (TPSA) is 84.2 Å². The molecule has 0 amide bonds. The normalized spacial score (nSPS) is 11.0. The summed E-state index contributed by atoms with van der Waals surface area (Å²) in [6.45, 7) is 2.38. The summed E-state index contributed by atoms with van der Waals surface area (Å²) in [7, 11) is 3.04. The van der Waals surface area contributed by atoms with Crippen molar-refractivity contribution in [1.82, 2.24) is 0 Å². The lowest BCUT2D eigenvalue weighted by molar-refractivity contribution is 0.0736. The fraction of sp³-hybridized carbons (Fsp3) is 0.118. The number of allylic oxidation sites excluding steroid dienone is 1. The molecule has 7 heteroatoms.